The molecule has 1 saturated heterocycles. The average Bonchev–Trinajstić information content (AvgIpc) is 3.29. The maximum atomic E-state index is 14.9. The number of nitrogens with one attached hydrogen (secondary N) is 1. The molecule has 1 saturated carbocycles. The first-order chi connectivity index (χ1) is 20.2. The first-order valence-electron chi connectivity index (χ1n) is 15.6. The molecule has 3 aliphatic rings. The van der Waals surface area contributed by atoms with Gasteiger partial charge in [-0.2, -0.15) is 5.10 Å². The van der Waals surface area contributed by atoms with Gasteiger partial charge in [-0.3, -0.25) is 4.79 Å². The molecule has 1 aromatic carbocycles. The number of anilines is 1. The van der Waals surface area contributed by atoms with E-state index in [0.717, 1.165) is 46.9 Å². The standard InChI is InChI=1S/C32H45F2N5O3Si/c1-19-14-23-24(16-25(19)38(4)30(40)20(2)21-8-10-41-11-9-21)36-29(35-23)28-22-15-27-31(3,32(27,33)34)17-26(22)39(37-28)18-42-12-13-43(5,6)7/h14,16,20-21,27H,8-13,15,17-18H2,1-7H3,(H,35,36)/t20-,27+,31-/m1/s1. The van der Waals surface area contributed by atoms with E-state index in [1.54, 1.807) is 16.5 Å². The Kier molecular flexibility index (Phi) is 7.61. The van der Waals surface area contributed by atoms with Crippen molar-refractivity contribution < 1.29 is 23.0 Å². The van der Waals surface area contributed by atoms with E-state index in [-0.39, 0.29) is 31.4 Å². The van der Waals surface area contributed by atoms with Crippen LogP contribution in [0.1, 0.15) is 43.5 Å². The van der Waals surface area contributed by atoms with Crippen LogP contribution in [0.3, 0.4) is 0 Å². The fourth-order valence-corrected chi connectivity index (χ4v) is 7.82. The quantitative estimate of drug-likeness (QED) is 0.222. The fourth-order valence-electron chi connectivity index (χ4n) is 7.06. The third-order valence-electron chi connectivity index (χ3n) is 10.3. The van der Waals surface area contributed by atoms with Crippen molar-refractivity contribution in [2.75, 3.05) is 31.8 Å². The molecule has 2 aliphatic carbocycles. The number of carbonyl (C=O) groups excluding carboxylic acids is 1. The highest BCUT2D eigenvalue weighted by Gasteiger charge is 2.78. The van der Waals surface area contributed by atoms with Crippen molar-refractivity contribution in [3.05, 3.63) is 29.0 Å². The van der Waals surface area contributed by atoms with E-state index in [9.17, 15) is 13.6 Å². The number of aryl methyl sites for hydroxylation is 1. The minimum Gasteiger partial charge on any atom is -0.381 e. The number of rotatable bonds is 9. The lowest BCUT2D eigenvalue weighted by atomic mass is 9.86. The van der Waals surface area contributed by atoms with E-state index in [1.807, 2.05) is 33.0 Å². The van der Waals surface area contributed by atoms with Gasteiger partial charge in [0.05, 0.1) is 11.0 Å². The fraction of sp³-hybridized carbons (Fsp3) is 0.656. The Labute approximate surface area is 253 Å². The summed E-state index contributed by atoms with van der Waals surface area (Å²) in [4.78, 5) is 23.5. The highest BCUT2D eigenvalue weighted by molar-refractivity contribution is 6.76. The number of aromatic amines is 1. The van der Waals surface area contributed by atoms with Gasteiger partial charge in [-0.1, -0.05) is 33.5 Å². The first-order valence-corrected chi connectivity index (χ1v) is 19.3. The molecular weight excluding hydrogens is 568 g/mol. The van der Waals surface area contributed by atoms with Crippen LogP contribution in [0.5, 0.6) is 0 Å². The number of ether oxygens (including phenoxy) is 2. The molecule has 0 unspecified atom stereocenters. The monoisotopic (exact) mass is 613 g/mol. The van der Waals surface area contributed by atoms with Gasteiger partial charge in [0.25, 0.3) is 5.92 Å². The van der Waals surface area contributed by atoms with Crippen LogP contribution in [0.15, 0.2) is 12.1 Å². The summed E-state index contributed by atoms with van der Waals surface area (Å²) in [6.07, 6.45) is 2.33. The molecule has 3 atom stereocenters. The Morgan fingerprint density at radius 1 is 1.28 bits per heavy atom. The summed E-state index contributed by atoms with van der Waals surface area (Å²) >= 11 is 0. The predicted molar refractivity (Wildman–Crippen MR) is 166 cm³/mol. The number of nitrogens with zero attached hydrogens (tertiary/aromatic N) is 4. The average molecular weight is 614 g/mol. The van der Waals surface area contributed by atoms with Crippen LogP contribution < -0.4 is 4.90 Å². The number of aromatic nitrogens is 4. The molecule has 1 N–H and O–H groups in total. The van der Waals surface area contributed by atoms with Gasteiger partial charge in [-0.05, 0) is 55.8 Å². The molecule has 2 aromatic heterocycles. The normalized spacial score (nSPS) is 24.1. The Morgan fingerprint density at radius 2 is 2.00 bits per heavy atom. The van der Waals surface area contributed by atoms with Crippen LogP contribution in [-0.4, -0.2) is 66.5 Å². The van der Waals surface area contributed by atoms with E-state index >= 15 is 0 Å². The van der Waals surface area contributed by atoms with Gasteiger partial charge in [-0.25, -0.2) is 18.4 Å². The van der Waals surface area contributed by atoms with Gasteiger partial charge >= 0.3 is 0 Å². The van der Waals surface area contributed by atoms with Crippen LogP contribution in [0.2, 0.25) is 25.7 Å². The van der Waals surface area contributed by atoms with Gasteiger partial charge in [0.1, 0.15) is 12.4 Å². The zero-order chi connectivity index (χ0) is 30.9. The summed E-state index contributed by atoms with van der Waals surface area (Å²) in [6.45, 7) is 14.9. The van der Waals surface area contributed by atoms with Gasteiger partial charge in [0.2, 0.25) is 5.91 Å². The number of hydrogen-bond donors (Lipinski definition) is 1. The number of halogens is 2. The molecule has 0 bridgehead atoms. The van der Waals surface area contributed by atoms with E-state index in [0.29, 0.717) is 42.8 Å². The maximum absolute atomic E-state index is 14.9. The molecule has 3 heterocycles. The van der Waals surface area contributed by atoms with Crippen LogP contribution in [-0.2, 0) is 33.8 Å². The lowest BCUT2D eigenvalue weighted by Crippen LogP contribution is -2.37. The summed E-state index contributed by atoms with van der Waals surface area (Å²) in [5.74, 6) is -2.53. The van der Waals surface area contributed by atoms with Crippen molar-refractivity contribution in [3.63, 3.8) is 0 Å². The Hall–Kier alpha value is -2.63. The Bertz CT molecular complexity index is 1540. The number of imidazole rings is 1. The molecular formula is C32H45F2N5O3Si. The summed E-state index contributed by atoms with van der Waals surface area (Å²) < 4.78 is 43.1. The van der Waals surface area contributed by atoms with Crippen LogP contribution >= 0.6 is 0 Å². The van der Waals surface area contributed by atoms with Crippen LogP contribution in [0.25, 0.3) is 22.6 Å². The third-order valence-corrected chi connectivity index (χ3v) is 12.0. The van der Waals surface area contributed by atoms with E-state index in [4.69, 9.17) is 19.6 Å². The Balaban J connectivity index is 1.30. The summed E-state index contributed by atoms with van der Waals surface area (Å²) in [7, 11) is 0.562. The number of hydrogen-bond acceptors (Lipinski definition) is 5. The van der Waals surface area contributed by atoms with Crippen molar-refractivity contribution in [2.45, 2.75) is 84.8 Å². The highest BCUT2D eigenvalue weighted by atomic mass is 28.3. The topological polar surface area (TPSA) is 85.3 Å². The van der Waals surface area contributed by atoms with Crippen molar-refractivity contribution >= 4 is 30.7 Å². The zero-order valence-corrected chi connectivity index (χ0v) is 27.5. The molecule has 8 nitrogen and oxygen atoms in total. The van der Waals surface area contributed by atoms with Crippen molar-refractivity contribution in [1.29, 1.82) is 0 Å². The first kappa shape index (κ1) is 30.4. The van der Waals surface area contributed by atoms with Crippen LogP contribution in [0.4, 0.5) is 14.5 Å². The SMILES string of the molecule is Cc1cc2[nH]c(-c3nn(COCC[Si](C)(C)C)c4c3C[C@@H]3C(F)(F)[C@]3(C)C4)nc2cc1N(C)C(=O)[C@H](C)C1CCOCC1. The number of fused-ring (bicyclic) bond motifs is 3. The second kappa shape index (κ2) is 10.8. The van der Waals surface area contributed by atoms with Crippen molar-refractivity contribution in [3.8, 4) is 11.5 Å². The summed E-state index contributed by atoms with van der Waals surface area (Å²) in [5, 5.41) is 4.90. The van der Waals surface area contributed by atoms with E-state index in [1.165, 1.54) is 0 Å². The lowest BCUT2D eigenvalue weighted by molar-refractivity contribution is -0.124. The van der Waals surface area contributed by atoms with Gasteiger partial charge in [-0.15, -0.1) is 0 Å². The molecule has 0 radical (unpaired) electrons. The molecule has 11 heteroatoms. The smallest absolute Gasteiger partial charge is 0.258 e. The highest BCUT2D eigenvalue weighted by Crippen LogP contribution is 2.70. The van der Waals surface area contributed by atoms with Gasteiger partial charge < -0.3 is 19.4 Å². The lowest BCUT2D eigenvalue weighted by Gasteiger charge is -2.30. The van der Waals surface area contributed by atoms with E-state index in [2.05, 4.69) is 24.6 Å². The number of carbonyl (C=O) groups is 1. The summed E-state index contributed by atoms with van der Waals surface area (Å²) in [6, 6.07) is 4.96. The molecule has 2 fully saturated rings. The predicted octanol–water partition coefficient (Wildman–Crippen LogP) is 6.44. The number of alkyl halides is 2. The second-order valence-corrected chi connectivity index (χ2v) is 20.1. The third kappa shape index (κ3) is 5.35. The number of amides is 1. The maximum Gasteiger partial charge on any atom is 0.258 e. The molecule has 1 aliphatic heterocycles. The Morgan fingerprint density at radius 3 is 2.70 bits per heavy atom. The van der Waals surface area contributed by atoms with Gasteiger partial charge in [0.15, 0.2) is 5.82 Å². The van der Waals surface area contributed by atoms with Crippen molar-refractivity contribution in [2.24, 2.45) is 23.2 Å². The number of H-pyrrole nitrogens is 1. The second-order valence-electron chi connectivity index (χ2n) is 14.5. The summed E-state index contributed by atoms with van der Waals surface area (Å²) in [5.41, 5.74) is 4.53. The largest absolute Gasteiger partial charge is 0.381 e. The molecule has 234 valence electrons. The molecule has 0 spiro atoms. The minimum absolute atomic E-state index is 0.0838. The van der Waals surface area contributed by atoms with Gasteiger partial charge in [0, 0.05) is 75.6 Å². The minimum atomic E-state index is -2.69. The number of benzene rings is 1. The molecule has 3 aromatic rings. The molecule has 1 amide bonds. The van der Waals surface area contributed by atoms with Crippen molar-refractivity contribution in [1.82, 2.24) is 19.7 Å². The molecule has 6 rings (SSSR count). The van der Waals surface area contributed by atoms with Crippen LogP contribution in [0, 0.1) is 30.1 Å². The zero-order valence-electron chi connectivity index (χ0n) is 26.5. The van der Waals surface area contributed by atoms with E-state index < -0.39 is 25.3 Å². The molecule has 43 heavy (non-hydrogen) atoms.